The molecule has 1 N–H and O–H groups in total. The molecule has 0 unspecified atom stereocenters. The Balaban J connectivity index is 1.37. The molecule has 2 aromatic rings. The Labute approximate surface area is 176 Å². The first kappa shape index (κ1) is 19.1. The van der Waals surface area contributed by atoms with Gasteiger partial charge in [-0.1, -0.05) is 12.8 Å². The third-order valence-electron chi connectivity index (χ3n) is 7.21. The summed E-state index contributed by atoms with van der Waals surface area (Å²) < 4.78 is 2.14. The van der Waals surface area contributed by atoms with Gasteiger partial charge in [-0.2, -0.15) is 5.26 Å². The van der Waals surface area contributed by atoms with Crippen molar-refractivity contribution >= 4 is 22.8 Å². The van der Waals surface area contributed by atoms with E-state index in [1.165, 1.54) is 11.3 Å². The van der Waals surface area contributed by atoms with E-state index >= 15 is 0 Å². The van der Waals surface area contributed by atoms with Crippen LogP contribution in [0.2, 0.25) is 0 Å². The van der Waals surface area contributed by atoms with E-state index in [9.17, 15) is 14.9 Å². The molecule has 3 heterocycles. The summed E-state index contributed by atoms with van der Waals surface area (Å²) >= 11 is 0. The van der Waals surface area contributed by atoms with Crippen LogP contribution < -0.4 is 5.32 Å². The largest absolute Gasteiger partial charge is 0.338 e. The van der Waals surface area contributed by atoms with Crippen LogP contribution in [0.3, 0.4) is 0 Å². The molecule has 0 spiro atoms. The van der Waals surface area contributed by atoms with Crippen LogP contribution in [0.15, 0.2) is 18.3 Å². The monoisotopic (exact) mass is 405 g/mol. The Kier molecular flexibility index (Phi) is 4.53. The molecule has 7 nitrogen and oxygen atoms in total. The Hall–Kier alpha value is -2.88. The number of hydrogen-bond acceptors (Lipinski definition) is 4. The third-order valence-corrected chi connectivity index (χ3v) is 7.21. The van der Waals surface area contributed by atoms with Crippen LogP contribution in [-0.4, -0.2) is 38.3 Å². The molecular formula is C23H27N5O2. The van der Waals surface area contributed by atoms with Gasteiger partial charge < -0.3 is 14.8 Å². The number of fused-ring (bicyclic) bond motifs is 3. The first-order chi connectivity index (χ1) is 14.5. The van der Waals surface area contributed by atoms with Crippen molar-refractivity contribution in [2.45, 2.75) is 57.0 Å². The summed E-state index contributed by atoms with van der Waals surface area (Å²) in [6.45, 7) is 1.24. The van der Waals surface area contributed by atoms with Gasteiger partial charge in [0.1, 0.15) is 11.2 Å². The minimum Gasteiger partial charge on any atom is -0.338 e. The van der Waals surface area contributed by atoms with Gasteiger partial charge in [0.2, 0.25) is 11.8 Å². The van der Waals surface area contributed by atoms with E-state index in [0.29, 0.717) is 25.9 Å². The minimum absolute atomic E-state index is 0.0863. The fourth-order valence-electron chi connectivity index (χ4n) is 5.27. The van der Waals surface area contributed by atoms with Gasteiger partial charge in [-0.15, -0.1) is 0 Å². The van der Waals surface area contributed by atoms with Crippen LogP contribution in [0, 0.1) is 23.2 Å². The molecule has 2 atom stereocenters. The SMILES string of the molecule is Cn1c2c(c3cccnc31)CN(C(=O)[C@H]1CCCC[C@@H]1C(=O)NC1(C#N)CC1)CC2. The van der Waals surface area contributed by atoms with Gasteiger partial charge in [-0.3, -0.25) is 9.59 Å². The third kappa shape index (κ3) is 3.06. The Morgan fingerprint density at radius 1 is 1.27 bits per heavy atom. The normalized spacial score (nSPS) is 24.7. The molecule has 0 aromatic carbocycles. The molecule has 156 valence electrons. The molecule has 3 aliphatic rings. The zero-order chi connectivity index (χ0) is 20.9. The summed E-state index contributed by atoms with van der Waals surface area (Å²) in [7, 11) is 2.04. The van der Waals surface area contributed by atoms with Crippen molar-refractivity contribution in [1.82, 2.24) is 19.8 Å². The second kappa shape index (κ2) is 7.12. The number of pyridine rings is 1. The number of aromatic nitrogens is 2. The molecule has 0 bridgehead atoms. The number of amides is 2. The lowest BCUT2D eigenvalue weighted by molar-refractivity contribution is -0.144. The van der Waals surface area contributed by atoms with Gasteiger partial charge in [-0.05, 0) is 37.8 Å². The highest BCUT2D eigenvalue weighted by Gasteiger charge is 2.47. The summed E-state index contributed by atoms with van der Waals surface area (Å²) in [5.74, 6) is -0.641. The van der Waals surface area contributed by atoms with E-state index in [1.807, 2.05) is 18.0 Å². The molecule has 2 fully saturated rings. The standard InChI is InChI=1S/C23H27N5O2/c1-27-19-8-12-28(13-18(19)15-7-4-11-25-20(15)27)22(30)17-6-3-2-5-16(17)21(29)26-23(14-24)9-10-23/h4,7,11,16-17H,2-3,5-6,8-10,12-13H2,1H3,(H,26,29)/t16-,17-/m0/s1. The lowest BCUT2D eigenvalue weighted by Crippen LogP contribution is -2.48. The van der Waals surface area contributed by atoms with E-state index in [1.54, 1.807) is 6.20 Å². The van der Waals surface area contributed by atoms with Crippen molar-refractivity contribution in [2.75, 3.05) is 6.54 Å². The number of nitrogens with one attached hydrogen (secondary N) is 1. The predicted octanol–water partition coefficient (Wildman–Crippen LogP) is 2.44. The number of nitriles is 1. The highest BCUT2D eigenvalue weighted by molar-refractivity contribution is 5.89. The predicted molar refractivity (Wildman–Crippen MR) is 111 cm³/mol. The van der Waals surface area contributed by atoms with Crippen molar-refractivity contribution < 1.29 is 9.59 Å². The minimum atomic E-state index is -0.682. The average molecular weight is 406 g/mol. The second-order valence-electron chi connectivity index (χ2n) is 9.05. The lowest BCUT2D eigenvalue weighted by Gasteiger charge is -2.36. The van der Waals surface area contributed by atoms with Gasteiger partial charge in [0, 0.05) is 61.2 Å². The molecule has 1 aliphatic heterocycles. The molecule has 2 saturated carbocycles. The number of aryl methyl sites for hydroxylation is 1. The molecule has 0 radical (unpaired) electrons. The fraction of sp³-hybridized carbons (Fsp3) is 0.565. The van der Waals surface area contributed by atoms with Crippen molar-refractivity contribution in [3.8, 4) is 6.07 Å². The Morgan fingerprint density at radius 3 is 2.77 bits per heavy atom. The van der Waals surface area contributed by atoms with E-state index < -0.39 is 5.54 Å². The first-order valence-corrected chi connectivity index (χ1v) is 11.0. The molecule has 2 aliphatic carbocycles. The van der Waals surface area contributed by atoms with Gasteiger partial charge in [0.25, 0.3) is 0 Å². The number of nitrogens with zero attached hydrogens (tertiary/aromatic N) is 4. The summed E-state index contributed by atoms with van der Waals surface area (Å²) in [4.78, 5) is 32.9. The topological polar surface area (TPSA) is 91.0 Å². The van der Waals surface area contributed by atoms with Gasteiger partial charge in [0.05, 0.1) is 6.07 Å². The van der Waals surface area contributed by atoms with Gasteiger partial charge in [-0.25, -0.2) is 4.98 Å². The lowest BCUT2D eigenvalue weighted by atomic mass is 9.77. The van der Waals surface area contributed by atoms with Crippen LogP contribution in [0.25, 0.3) is 11.0 Å². The molecule has 2 amide bonds. The first-order valence-electron chi connectivity index (χ1n) is 11.0. The maximum Gasteiger partial charge on any atom is 0.226 e. The van der Waals surface area contributed by atoms with Crippen molar-refractivity contribution in [1.29, 1.82) is 5.26 Å². The molecule has 2 aromatic heterocycles. The summed E-state index contributed by atoms with van der Waals surface area (Å²) in [5, 5.41) is 13.4. The van der Waals surface area contributed by atoms with Crippen molar-refractivity contribution in [3.05, 3.63) is 29.6 Å². The average Bonchev–Trinajstić information content (AvgIpc) is 3.51. The van der Waals surface area contributed by atoms with Crippen LogP contribution in [0.1, 0.15) is 49.8 Å². The number of carbonyl (C=O) groups is 2. The van der Waals surface area contributed by atoms with Gasteiger partial charge >= 0.3 is 0 Å². The summed E-state index contributed by atoms with van der Waals surface area (Å²) in [6.07, 6.45) is 7.43. The Bertz CT molecular complexity index is 1060. The number of rotatable bonds is 3. The molecule has 30 heavy (non-hydrogen) atoms. The number of hydrogen-bond donors (Lipinski definition) is 1. The molecule has 7 heteroatoms. The Morgan fingerprint density at radius 2 is 2.03 bits per heavy atom. The fourth-order valence-corrected chi connectivity index (χ4v) is 5.27. The van der Waals surface area contributed by atoms with Crippen LogP contribution >= 0.6 is 0 Å². The molecule has 5 rings (SSSR count). The van der Waals surface area contributed by atoms with Gasteiger partial charge in [0.15, 0.2) is 0 Å². The number of carbonyl (C=O) groups excluding carboxylic acids is 2. The van der Waals surface area contributed by atoms with Crippen molar-refractivity contribution in [2.24, 2.45) is 18.9 Å². The molecule has 0 saturated heterocycles. The zero-order valence-electron chi connectivity index (χ0n) is 17.4. The molecular weight excluding hydrogens is 378 g/mol. The quantitative estimate of drug-likeness (QED) is 0.849. The highest BCUT2D eigenvalue weighted by Crippen LogP contribution is 2.38. The highest BCUT2D eigenvalue weighted by atomic mass is 16.2. The van der Waals surface area contributed by atoms with Crippen molar-refractivity contribution in [3.63, 3.8) is 0 Å². The second-order valence-corrected chi connectivity index (χ2v) is 9.05. The zero-order valence-corrected chi connectivity index (χ0v) is 17.4. The summed E-state index contributed by atoms with van der Waals surface area (Å²) in [6, 6.07) is 6.24. The van der Waals surface area contributed by atoms with E-state index in [4.69, 9.17) is 0 Å². The maximum atomic E-state index is 13.5. The van der Waals surface area contributed by atoms with E-state index in [2.05, 4.69) is 27.0 Å². The smallest absolute Gasteiger partial charge is 0.226 e. The van der Waals surface area contributed by atoms with Crippen LogP contribution in [0.5, 0.6) is 0 Å². The van der Waals surface area contributed by atoms with Crippen LogP contribution in [0.4, 0.5) is 0 Å². The van der Waals surface area contributed by atoms with E-state index in [0.717, 1.165) is 43.1 Å². The summed E-state index contributed by atoms with van der Waals surface area (Å²) in [5.41, 5.74) is 2.70. The van der Waals surface area contributed by atoms with E-state index in [-0.39, 0.29) is 23.7 Å². The van der Waals surface area contributed by atoms with Crippen LogP contribution in [-0.2, 0) is 29.6 Å². The maximum absolute atomic E-state index is 13.5.